The number of aromatic nitrogens is 1. The third-order valence-electron chi connectivity index (χ3n) is 3.12. The van der Waals surface area contributed by atoms with Gasteiger partial charge in [-0.2, -0.15) is 0 Å². The van der Waals surface area contributed by atoms with Gasteiger partial charge in [0.05, 0.1) is 11.2 Å². The van der Waals surface area contributed by atoms with Crippen LogP contribution in [0.2, 0.25) is 0 Å². The first-order valence-corrected chi connectivity index (χ1v) is 5.91. The normalized spacial score (nSPS) is 19.8. The van der Waals surface area contributed by atoms with E-state index >= 15 is 0 Å². The Balaban J connectivity index is 1.84. The number of hydrogen-bond acceptors (Lipinski definition) is 3. The predicted molar refractivity (Wildman–Crippen MR) is 55.8 cm³/mol. The molecule has 1 saturated carbocycles. The van der Waals surface area contributed by atoms with Gasteiger partial charge < -0.3 is 5.32 Å². The molecule has 1 aliphatic carbocycles. The van der Waals surface area contributed by atoms with E-state index in [-0.39, 0.29) is 0 Å². The number of thiazole rings is 1. The molecule has 1 N–H and O–H groups in total. The second kappa shape index (κ2) is 3.76. The molecule has 0 unspecified atom stereocenters. The van der Waals surface area contributed by atoms with E-state index < -0.39 is 0 Å². The van der Waals surface area contributed by atoms with E-state index in [1.54, 1.807) is 11.3 Å². The van der Waals surface area contributed by atoms with Gasteiger partial charge in [0, 0.05) is 17.5 Å². The van der Waals surface area contributed by atoms with E-state index in [0.717, 1.165) is 6.54 Å². The summed E-state index contributed by atoms with van der Waals surface area (Å²) in [6.45, 7) is 3.21. The van der Waals surface area contributed by atoms with E-state index in [9.17, 15) is 0 Å². The van der Waals surface area contributed by atoms with Crippen molar-refractivity contribution in [1.82, 2.24) is 10.3 Å². The summed E-state index contributed by atoms with van der Waals surface area (Å²) in [5.74, 6) is 0. The van der Waals surface area contributed by atoms with Gasteiger partial charge >= 0.3 is 0 Å². The predicted octanol–water partition coefficient (Wildman–Crippen LogP) is 2.57. The smallest absolute Gasteiger partial charge is 0.0795 e. The molecule has 0 atom stereocenters. The summed E-state index contributed by atoms with van der Waals surface area (Å²) in [4.78, 5) is 4.27. The highest BCUT2D eigenvalue weighted by molar-refractivity contribution is 7.07. The van der Waals surface area contributed by atoms with Gasteiger partial charge in [-0.1, -0.05) is 6.92 Å². The summed E-state index contributed by atoms with van der Waals surface area (Å²) in [5, 5.41) is 5.75. The van der Waals surface area contributed by atoms with Crippen molar-refractivity contribution in [3.8, 4) is 0 Å². The Labute approximate surface area is 83.4 Å². The molecule has 2 rings (SSSR count). The lowest BCUT2D eigenvalue weighted by Crippen LogP contribution is -2.49. The lowest BCUT2D eigenvalue weighted by molar-refractivity contribution is 0.175. The van der Waals surface area contributed by atoms with Crippen LogP contribution in [0.25, 0.3) is 0 Å². The molecule has 0 saturated heterocycles. The fourth-order valence-corrected chi connectivity index (χ4v) is 2.42. The minimum Gasteiger partial charge on any atom is -0.306 e. The summed E-state index contributed by atoms with van der Waals surface area (Å²) in [7, 11) is 0. The van der Waals surface area contributed by atoms with Crippen LogP contribution in [0, 0.1) is 0 Å². The Hall–Kier alpha value is -0.410. The first-order chi connectivity index (χ1) is 6.35. The minimum atomic E-state index is 0.448. The molecule has 1 aliphatic rings. The van der Waals surface area contributed by atoms with Gasteiger partial charge in [0.2, 0.25) is 0 Å². The molecule has 1 aromatic rings. The van der Waals surface area contributed by atoms with Crippen molar-refractivity contribution in [2.45, 2.75) is 44.7 Å². The Morgan fingerprint density at radius 3 is 2.92 bits per heavy atom. The molecule has 0 aliphatic heterocycles. The van der Waals surface area contributed by atoms with E-state index in [0.29, 0.717) is 5.54 Å². The second-order valence-electron chi connectivity index (χ2n) is 3.82. The molecule has 0 aromatic carbocycles. The Bertz CT molecular complexity index is 246. The summed E-state index contributed by atoms with van der Waals surface area (Å²) < 4.78 is 0. The molecule has 2 nitrogen and oxygen atoms in total. The van der Waals surface area contributed by atoms with Gasteiger partial charge in [0.1, 0.15) is 0 Å². The molecular formula is C10H16N2S. The van der Waals surface area contributed by atoms with Crippen molar-refractivity contribution < 1.29 is 0 Å². The third-order valence-corrected chi connectivity index (χ3v) is 3.75. The van der Waals surface area contributed by atoms with Gasteiger partial charge in [-0.15, -0.1) is 11.3 Å². The standard InChI is InChI=1S/C10H16N2S/c1-2-10(4-3-5-10)12-6-9-7-13-8-11-9/h7-8,12H,2-6H2,1H3. The molecule has 0 bridgehead atoms. The fourth-order valence-electron chi connectivity index (χ4n) is 1.86. The van der Waals surface area contributed by atoms with Crippen LogP contribution in [0.5, 0.6) is 0 Å². The number of nitrogens with one attached hydrogen (secondary N) is 1. The number of nitrogens with zero attached hydrogens (tertiary/aromatic N) is 1. The Morgan fingerprint density at radius 2 is 2.46 bits per heavy atom. The van der Waals surface area contributed by atoms with Gasteiger partial charge in [-0.05, 0) is 25.7 Å². The van der Waals surface area contributed by atoms with Crippen LogP contribution in [0.4, 0.5) is 0 Å². The highest BCUT2D eigenvalue weighted by Gasteiger charge is 2.34. The van der Waals surface area contributed by atoms with Crippen molar-refractivity contribution in [2.75, 3.05) is 0 Å². The maximum atomic E-state index is 4.27. The molecule has 1 heterocycles. The molecule has 1 aromatic heterocycles. The Kier molecular flexibility index (Phi) is 2.65. The summed E-state index contributed by atoms with van der Waals surface area (Å²) in [6, 6.07) is 0. The molecule has 0 amide bonds. The first-order valence-electron chi connectivity index (χ1n) is 4.97. The lowest BCUT2D eigenvalue weighted by Gasteiger charge is -2.42. The fraction of sp³-hybridized carbons (Fsp3) is 0.700. The molecule has 13 heavy (non-hydrogen) atoms. The average molecular weight is 196 g/mol. The summed E-state index contributed by atoms with van der Waals surface area (Å²) >= 11 is 1.67. The van der Waals surface area contributed by atoms with Gasteiger partial charge in [0.25, 0.3) is 0 Å². The van der Waals surface area contributed by atoms with Crippen LogP contribution in [-0.2, 0) is 6.54 Å². The van der Waals surface area contributed by atoms with Crippen molar-refractivity contribution in [3.05, 3.63) is 16.6 Å². The summed E-state index contributed by atoms with van der Waals surface area (Å²) in [6.07, 6.45) is 5.32. The van der Waals surface area contributed by atoms with Crippen LogP contribution in [0.15, 0.2) is 10.9 Å². The molecule has 0 radical (unpaired) electrons. The monoisotopic (exact) mass is 196 g/mol. The summed E-state index contributed by atoms with van der Waals surface area (Å²) in [5.41, 5.74) is 3.53. The molecular weight excluding hydrogens is 180 g/mol. The topological polar surface area (TPSA) is 24.9 Å². The SMILES string of the molecule is CCC1(NCc2cscn2)CCC1. The molecule has 72 valence electrons. The molecule has 1 fully saturated rings. The van der Waals surface area contributed by atoms with Crippen molar-refractivity contribution >= 4 is 11.3 Å². The first kappa shape index (κ1) is 9.16. The Morgan fingerprint density at radius 1 is 1.62 bits per heavy atom. The van der Waals surface area contributed by atoms with Gasteiger partial charge in [-0.3, -0.25) is 0 Å². The largest absolute Gasteiger partial charge is 0.306 e. The van der Waals surface area contributed by atoms with Crippen LogP contribution < -0.4 is 5.32 Å². The zero-order chi connectivity index (χ0) is 9.15. The van der Waals surface area contributed by atoms with Crippen LogP contribution in [0.1, 0.15) is 38.3 Å². The quantitative estimate of drug-likeness (QED) is 0.800. The average Bonchev–Trinajstić information content (AvgIpc) is 2.56. The van der Waals surface area contributed by atoms with Crippen LogP contribution in [0.3, 0.4) is 0 Å². The lowest BCUT2D eigenvalue weighted by atomic mass is 9.75. The number of hydrogen-bond donors (Lipinski definition) is 1. The highest BCUT2D eigenvalue weighted by atomic mass is 32.1. The van der Waals surface area contributed by atoms with Crippen molar-refractivity contribution in [3.63, 3.8) is 0 Å². The van der Waals surface area contributed by atoms with E-state index in [2.05, 4.69) is 22.6 Å². The zero-order valence-electron chi connectivity index (χ0n) is 8.05. The number of rotatable bonds is 4. The molecule has 3 heteroatoms. The van der Waals surface area contributed by atoms with Gasteiger partial charge in [-0.25, -0.2) is 4.98 Å². The van der Waals surface area contributed by atoms with Crippen molar-refractivity contribution in [1.29, 1.82) is 0 Å². The van der Waals surface area contributed by atoms with Crippen LogP contribution >= 0.6 is 11.3 Å². The second-order valence-corrected chi connectivity index (χ2v) is 4.54. The van der Waals surface area contributed by atoms with E-state index in [1.807, 2.05) is 5.51 Å². The van der Waals surface area contributed by atoms with E-state index in [1.165, 1.54) is 31.4 Å². The van der Waals surface area contributed by atoms with Crippen LogP contribution in [-0.4, -0.2) is 10.5 Å². The maximum absolute atomic E-state index is 4.27. The minimum absolute atomic E-state index is 0.448. The highest BCUT2D eigenvalue weighted by Crippen LogP contribution is 2.34. The molecule has 0 spiro atoms. The van der Waals surface area contributed by atoms with Gasteiger partial charge in [0.15, 0.2) is 0 Å². The zero-order valence-corrected chi connectivity index (χ0v) is 8.86. The van der Waals surface area contributed by atoms with Crippen molar-refractivity contribution in [2.24, 2.45) is 0 Å². The maximum Gasteiger partial charge on any atom is 0.0795 e. The van der Waals surface area contributed by atoms with E-state index in [4.69, 9.17) is 0 Å². The third kappa shape index (κ3) is 1.92.